The lowest BCUT2D eigenvalue weighted by atomic mass is 10.4. The van der Waals surface area contributed by atoms with E-state index in [0.29, 0.717) is 13.2 Å². The maximum atomic E-state index is 8.92. The zero-order chi connectivity index (χ0) is 8.53. The van der Waals surface area contributed by atoms with E-state index in [9.17, 15) is 0 Å². The molecule has 0 heterocycles. The maximum Gasteiger partial charge on any atom is 0.313 e. The Hall–Kier alpha value is -0.860. The number of rotatable bonds is 6. The number of hydrogen-bond acceptors (Lipinski definition) is 3. The van der Waals surface area contributed by atoms with Gasteiger partial charge < -0.3 is 14.6 Å². The molecule has 0 rings (SSSR count). The molecule has 0 fully saturated rings. The van der Waals surface area contributed by atoms with Crippen LogP contribution >= 0.6 is 0 Å². The summed E-state index contributed by atoms with van der Waals surface area (Å²) in [4.78, 5) is 0. The summed E-state index contributed by atoms with van der Waals surface area (Å²) in [5, 5.41) is 8.92. The highest BCUT2D eigenvalue weighted by atomic mass is 16.6. The van der Waals surface area contributed by atoms with Gasteiger partial charge in [-0.3, -0.25) is 0 Å². The van der Waals surface area contributed by atoms with Crippen LogP contribution < -0.4 is 0 Å². The second kappa shape index (κ2) is 7.25. The van der Waals surface area contributed by atoms with Gasteiger partial charge in [-0.25, -0.2) is 0 Å². The maximum absolute atomic E-state index is 8.92. The number of ether oxygens (including phenoxy) is 2. The third-order valence-electron chi connectivity index (χ3n) is 1.10. The van der Waals surface area contributed by atoms with Crippen molar-refractivity contribution in [3.8, 4) is 0 Å². The molecule has 0 bridgehead atoms. The molecule has 0 aromatic carbocycles. The molecular formula is C8H16O3. The molecule has 0 aliphatic heterocycles. The first kappa shape index (κ1) is 10.1. The van der Waals surface area contributed by atoms with Gasteiger partial charge in [-0.15, -0.1) is 0 Å². The first-order valence-electron chi connectivity index (χ1n) is 3.94. The van der Waals surface area contributed by atoms with Crippen molar-refractivity contribution >= 4 is 0 Å². The summed E-state index contributed by atoms with van der Waals surface area (Å²) in [6, 6.07) is 0. The van der Waals surface area contributed by atoms with E-state index in [1.807, 2.05) is 6.92 Å². The van der Waals surface area contributed by atoms with Crippen LogP contribution in [0.15, 0.2) is 12.2 Å². The standard InChI is InChI=1S/C8H16O3/c1-3-5-6-11-8(9)7-10-4-2/h7,9H,3-6H2,1-2H3/b8-7+. The normalized spacial score (nSPS) is 11.3. The predicted molar refractivity (Wildman–Crippen MR) is 43.2 cm³/mol. The monoisotopic (exact) mass is 160 g/mol. The SMILES string of the molecule is CCCCO/C(O)=C/OCC. The highest BCUT2D eigenvalue weighted by molar-refractivity contribution is 4.71. The lowest BCUT2D eigenvalue weighted by Gasteiger charge is -2.02. The van der Waals surface area contributed by atoms with Gasteiger partial charge in [0.05, 0.1) is 13.2 Å². The van der Waals surface area contributed by atoms with Crippen LogP contribution in [0.2, 0.25) is 0 Å². The van der Waals surface area contributed by atoms with Crippen molar-refractivity contribution in [2.24, 2.45) is 0 Å². The Morgan fingerprint density at radius 3 is 2.73 bits per heavy atom. The molecule has 3 nitrogen and oxygen atoms in total. The number of aliphatic hydroxyl groups is 1. The minimum Gasteiger partial charge on any atom is -0.494 e. The van der Waals surface area contributed by atoms with Crippen LogP contribution in [0.5, 0.6) is 0 Å². The topological polar surface area (TPSA) is 38.7 Å². The van der Waals surface area contributed by atoms with Crippen LogP contribution in [-0.4, -0.2) is 18.3 Å². The van der Waals surface area contributed by atoms with Crippen molar-refractivity contribution in [1.82, 2.24) is 0 Å². The molecule has 0 aliphatic carbocycles. The summed E-state index contributed by atoms with van der Waals surface area (Å²) in [6.45, 7) is 5.00. The van der Waals surface area contributed by atoms with Crippen LogP contribution in [0.25, 0.3) is 0 Å². The zero-order valence-corrected chi connectivity index (χ0v) is 7.17. The first-order valence-corrected chi connectivity index (χ1v) is 3.94. The molecule has 0 aromatic rings. The lowest BCUT2D eigenvalue weighted by Crippen LogP contribution is -1.94. The van der Waals surface area contributed by atoms with E-state index in [4.69, 9.17) is 14.6 Å². The summed E-state index contributed by atoms with van der Waals surface area (Å²) in [5.74, 6) is -0.139. The largest absolute Gasteiger partial charge is 0.494 e. The number of unbranched alkanes of at least 4 members (excludes halogenated alkanes) is 1. The molecule has 0 spiro atoms. The Balaban J connectivity index is 3.27. The van der Waals surface area contributed by atoms with E-state index >= 15 is 0 Å². The fourth-order valence-electron chi connectivity index (χ4n) is 0.510. The first-order chi connectivity index (χ1) is 5.31. The lowest BCUT2D eigenvalue weighted by molar-refractivity contribution is 0.0729. The molecule has 11 heavy (non-hydrogen) atoms. The van der Waals surface area contributed by atoms with Gasteiger partial charge in [0.1, 0.15) is 0 Å². The highest BCUT2D eigenvalue weighted by Gasteiger charge is 1.91. The van der Waals surface area contributed by atoms with Crippen molar-refractivity contribution in [2.45, 2.75) is 26.7 Å². The minimum atomic E-state index is -0.139. The summed E-state index contributed by atoms with van der Waals surface area (Å²) < 4.78 is 9.67. The van der Waals surface area contributed by atoms with Gasteiger partial charge in [0.25, 0.3) is 0 Å². The Morgan fingerprint density at radius 2 is 2.18 bits per heavy atom. The molecule has 0 amide bonds. The van der Waals surface area contributed by atoms with E-state index in [2.05, 4.69) is 6.92 Å². The Kier molecular flexibility index (Phi) is 6.68. The Labute approximate surface area is 67.6 Å². The number of hydrogen-bond donors (Lipinski definition) is 1. The molecule has 0 aliphatic rings. The molecule has 66 valence electrons. The molecule has 0 aromatic heterocycles. The predicted octanol–water partition coefficient (Wildman–Crippen LogP) is 2.20. The van der Waals surface area contributed by atoms with Crippen LogP contribution in [0.3, 0.4) is 0 Å². The summed E-state index contributed by atoms with van der Waals surface area (Å²) in [7, 11) is 0. The highest BCUT2D eigenvalue weighted by Crippen LogP contribution is 1.95. The van der Waals surface area contributed by atoms with E-state index in [-0.39, 0.29) is 5.95 Å². The van der Waals surface area contributed by atoms with Gasteiger partial charge in [0.2, 0.25) is 0 Å². The van der Waals surface area contributed by atoms with Crippen molar-refractivity contribution in [3.05, 3.63) is 12.2 Å². The third kappa shape index (κ3) is 7.03. The van der Waals surface area contributed by atoms with E-state index in [1.54, 1.807) is 0 Å². The second-order valence-corrected chi connectivity index (χ2v) is 2.11. The summed E-state index contributed by atoms with van der Waals surface area (Å²) in [6.07, 6.45) is 3.22. The van der Waals surface area contributed by atoms with E-state index < -0.39 is 0 Å². The third-order valence-corrected chi connectivity index (χ3v) is 1.10. The van der Waals surface area contributed by atoms with Crippen LogP contribution in [0, 0.1) is 0 Å². The molecular weight excluding hydrogens is 144 g/mol. The molecule has 0 unspecified atom stereocenters. The molecule has 3 heteroatoms. The summed E-state index contributed by atoms with van der Waals surface area (Å²) in [5.41, 5.74) is 0. The average Bonchev–Trinajstić information content (AvgIpc) is 2.01. The summed E-state index contributed by atoms with van der Waals surface area (Å²) >= 11 is 0. The van der Waals surface area contributed by atoms with Gasteiger partial charge >= 0.3 is 5.95 Å². The average molecular weight is 160 g/mol. The van der Waals surface area contributed by atoms with Crippen LogP contribution in [0.4, 0.5) is 0 Å². The Morgan fingerprint density at radius 1 is 1.45 bits per heavy atom. The molecule has 0 saturated carbocycles. The van der Waals surface area contributed by atoms with Crippen molar-refractivity contribution in [2.75, 3.05) is 13.2 Å². The van der Waals surface area contributed by atoms with Crippen LogP contribution in [-0.2, 0) is 9.47 Å². The molecule has 0 saturated heterocycles. The smallest absolute Gasteiger partial charge is 0.313 e. The fraction of sp³-hybridized carbons (Fsp3) is 0.750. The second-order valence-electron chi connectivity index (χ2n) is 2.11. The van der Waals surface area contributed by atoms with Crippen LogP contribution in [0.1, 0.15) is 26.7 Å². The van der Waals surface area contributed by atoms with E-state index in [1.165, 1.54) is 6.26 Å². The Bertz CT molecular complexity index is 110. The molecule has 0 radical (unpaired) electrons. The van der Waals surface area contributed by atoms with Crippen molar-refractivity contribution < 1.29 is 14.6 Å². The minimum absolute atomic E-state index is 0.139. The fourth-order valence-corrected chi connectivity index (χ4v) is 0.510. The quantitative estimate of drug-likeness (QED) is 0.478. The van der Waals surface area contributed by atoms with Crippen molar-refractivity contribution in [3.63, 3.8) is 0 Å². The van der Waals surface area contributed by atoms with Crippen molar-refractivity contribution in [1.29, 1.82) is 0 Å². The molecule has 0 atom stereocenters. The van der Waals surface area contributed by atoms with Gasteiger partial charge in [-0.1, -0.05) is 13.3 Å². The van der Waals surface area contributed by atoms with Gasteiger partial charge in [-0.2, -0.15) is 0 Å². The van der Waals surface area contributed by atoms with Gasteiger partial charge in [0.15, 0.2) is 6.26 Å². The molecule has 1 N–H and O–H groups in total. The van der Waals surface area contributed by atoms with Gasteiger partial charge in [-0.05, 0) is 13.3 Å². The number of aliphatic hydroxyl groups excluding tert-OH is 1. The van der Waals surface area contributed by atoms with Gasteiger partial charge in [0, 0.05) is 0 Å². The van der Waals surface area contributed by atoms with E-state index in [0.717, 1.165) is 12.8 Å². The zero-order valence-electron chi connectivity index (χ0n) is 7.17.